The number of imide groups is 1. The Kier molecular flexibility index (Phi) is 8.10. The number of likely N-dealkylation sites (tertiary alicyclic amines) is 1. The number of alkyl carbamates (subject to hydrolysis) is 1. The standard InChI is InChI=1S/C21H37N3O7/c1-19(2,3)30-17(27)22-14(16(26)23(9)29-10)11-13-12-21(7,8)24(15(13)25)18(28)31-20(4,5)6/h13-14H,11-12H2,1-10H3,(H,22,27). The predicted octanol–water partition coefficient (Wildman–Crippen LogP) is 2.85. The second-order valence-corrected chi connectivity index (χ2v) is 10.3. The van der Waals surface area contributed by atoms with Gasteiger partial charge in [-0.2, -0.15) is 0 Å². The van der Waals surface area contributed by atoms with Gasteiger partial charge in [0.1, 0.15) is 17.2 Å². The van der Waals surface area contributed by atoms with E-state index in [9.17, 15) is 19.2 Å². The van der Waals surface area contributed by atoms with E-state index in [0.717, 1.165) is 9.96 Å². The molecule has 10 nitrogen and oxygen atoms in total. The molecule has 1 rings (SSSR count). The molecular formula is C21H37N3O7. The van der Waals surface area contributed by atoms with Crippen LogP contribution in [-0.2, 0) is 23.9 Å². The van der Waals surface area contributed by atoms with Crippen LogP contribution < -0.4 is 5.32 Å². The molecule has 0 aromatic rings. The monoisotopic (exact) mass is 443 g/mol. The van der Waals surface area contributed by atoms with Gasteiger partial charge in [-0.3, -0.25) is 14.4 Å². The van der Waals surface area contributed by atoms with E-state index in [1.54, 1.807) is 55.4 Å². The van der Waals surface area contributed by atoms with E-state index in [-0.39, 0.29) is 6.42 Å². The maximum absolute atomic E-state index is 13.1. The molecule has 1 saturated heterocycles. The number of rotatable bonds is 5. The Morgan fingerprint density at radius 1 is 1.13 bits per heavy atom. The van der Waals surface area contributed by atoms with Gasteiger partial charge < -0.3 is 14.8 Å². The first-order valence-corrected chi connectivity index (χ1v) is 10.3. The van der Waals surface area contributed by atoms with Crippen molar-refractivity contribution in [2.24, 2.45) is 5.92 Å². The summed E-state index contributed by atoms with van der Waals surface area (Å²) < 4.78 is 10.6. The molecule has 0 spiro atoms. The van der Waals surface area contributed by atoms with Crippen molar-refractivity contribution in [1.82, 2.24) is 15.3 Å². The summed E-state index contributed by atoms with van der Waals surface area (Å²) in [5.41, 5.74) is -2.33. The minimum Gasteiger partial charge on any atom is -0.444 e. The summed E-state index contributed by atoms with van der Waals surface area (Å²) in [6, 6.07) is -1.08. The molecular weight excluding hydrogens is 406 g/mol. The summed E-state index contributed by atoms with van der Waals surface area (Å²) in [5.74, 6) is -1.69. The Morgan fingerprint density at radius 2 is 1.65 bits per heavy atom. The molecule has 2 unspecified atom stereocenters. The van der Waals surface area contributed by atoms with Gasteiger partial charge in [0.15, 0.2) is 0 Å². The zero-order valence-electron chi connectivity index (χ0n) is 20.3. The third-order valence-electron chi connectivity index (χ3n) is 4.59. The van der Waals surface area contributed by atoms with E-state index >= 15 is 0 Å². The van der Waals surface area contributed by atoms with Crippen LogP contribution in [-0.4, -0.2) is 70.9 Å². The lowest BCUT2D eigenvalue weighted by Crippen LogP contribution is -2.50. The lowest BCUT2D eigenvalue weighted by molar-refractivity contribution is -0.171. The van der Waals surface area contributed by atoms with Gasteiger partial charge in [0.05, 0.1) is 7.11 Å². The number of hydrogen-bond acceptors (Lipinski definition) is 7. The van der Waals surface area contributed by atoms with Crippen molar-refractivity contribution in [2.45, 2.75) is 91.0 Å². The summed E-state index contributed by atoms with van der Waals surface area (Å²) in [5, 5.41) is 3.50. The molecule has 1 N–H and O–H groups in total. The van der Waals surface area contributed by atoms with Crippen LogP contribution in [0.4, 0.5) is 9.59 Å². The smallest absolute Gasteiger partial charge is 0.417 e. The van der Waals surface area contributed by atoms with Crippen LogP contribution in [0.15, 0.2) is 0 Å². The highest BCUT2D eigenvalue weighted by Crippen LogP contribution is 2.37. The van der Waals surface area contributed by atoms with Crippen molar-refractivity contribution in [3.63, 3.8) is 0 Å². The first kappa shape index (κ1) is 26.7. The summed E-state index contributed by atoms with van der Waals surface area (Å²) >= 11 is 0. The molecule has 178 valence electrons. The predicted molar refractivity (Wildman–Crippen MR) is 113 cm³/mol. The summed E-state index contributed by atoms with van der Waals surface area (Å²) in [6.07, 6.45) is -1.24. The van der Waals surface area contributed by atoms with Gasteiger partial charge in [-0.05, 0) is 68.2 Å². The van der Waals surface area contributed by atoms with Crippen molar-refractivity contribution in [2.75, 3.05) is 14.2 Å². The molecule has 1 fully saturated rings. The SMILES string of the molecule is CON(C)C(=O)C(CC1CC(C)(C)N(C(=O)OC(C)(C)C)C1=O)NC(=O)OC(C)(C)C. The summed E-state index contributed by atoms with van der Waals surface area (Å²) in [7, 11) is 2.72. The van der Waals surface area contributed by atoms with E-state index in [1.165, 1.54) is 14.2 Å². The average molecular weight is 444 g/mol. The lowest BCUT2D eigenvalue weighted by atomic mass is 9.91. The van der Waals surface area contributed by atoms with E-state index in [2.05, 4.69) is 5.32 Å². The largest absolute Gasteiger partial charge is 0.444 e. The number of carbonyl (C=O) groups excluding carboxylic acids is 4. The van der Waals surface area contributed by atoms with Gasteiger partial charge in [-0.15, -0.1) is 0 Å². The number of ether oxygens (including phenoxy) is 2. The van der Waals surface area contributed by atoms with Crippen molar-refractivity contribution < 1.29 is 33.5 Å². The molecule has 0 aliphatic carbocycles. The molecule has 0 bridgehead atoms. The molecule has 0 aromatic heterocycles. The van der Waals surface area contributed by atoms with E-state index < -0.39 is 52.7 Å². The van der Waals surface area contributed by atoms with Gasteiger partial charge in [-0.25, -0.2) is 19.6 Å². The first-order valence-electron chi connectivity index (χ1n) is 10.3. The lowest BCUT2D eigenvalue weighted by Gasteiger charge is -2.31. The average Bonchev–Trinajstić information content (AvgIpc) is 2.77. The number of carbonyl (C=O) groups is 4. The molecule has 31 heavy (non-hydrogen) atoms. The second kappa shape index (κ2) is 9.42. The summed E-state index contributed by atoms with van der Waals surface area (Å²) in [6.45, 7) is 13.8. The molecule has 1 heterocycles. The second-order valence-electron chi connectivity index (χ2n) is 10.3. The number of nitrogens with zero attached hydrogens (tertiary/aromatic N) is 2. The highest BCUT2D eigenvalue weighted by atomic mass is 16.7. The van der Waals surface area contributed by atoms with Gasteiger partial charge in [0, 0.05) is 18.5 Å². The third kappa shape index (κ3) is 7.68. The van der Waals surface area contributed by atoms with Gasteiger partial charge in [0.2, 0.25) is 5.91 Å². The minimum atomic E-state index is -1.08. The van der Waals surface area contributed by atoms with Gasteiger partial charge in [0.25, 0.3) is 5.91 Å². The number of hydrogen-bond donors (Lipinski definition) is 1. The maximum Gasteiger partial charge on any atom is 0.417 e. The molecule has 0 radical (unpaired) electrons. The topological polar surface area (TPSA) is 114 Å². The van der Waals surface area contributed by atoms with Crippen LogP contribution in [0, 0.1) is 5.92 Å². The molecule has 10 heteroatoms. The molecule has 4 amide bonds. The van der Waals surface area contributed by atoms with E-state index in [1.807, 2.05) is 0 Å². The van der Waals surface area contributed by atoms with Crippen molar-refractivity contribution >= 4 is 24.0 Å². The zero-order valence-corrected chi connectivity index (χ0v) is 20.3. The van der Waals surface area contributed by atoms with Crippen LogP contribution in [0.3, 0.4) is 0 Å². The Morgan fingerprint density at radius 3 is 2.10 bits per heavy atom. The van der Waals surface area contributed by atoms with Gasteiger partial charge >= 0.3 is 12.2 Å². The van der Waals surface area contributed by atoms with Crippen LogP contribution in [0.5, 0.6) is 0 Å². The summed E-state index contributed by atoms with van der Waals surface area (Å²) in [4.78, 5) is 56.8. The molecule has 1 aliphatic heterocycles. The maximum atomic E-state index is 13.1. The van der Waals surface area contributed by atoms with Crippen LogP contribution >= 0.6 is 0 Å². The molecule has 2 atom stereocenters. The van der Waals surface area contributed by atoms with Crippen molar-refractivity contribution in [3.05, 3.63) is 0 Å². The van der Waals surface area contributed by atoms with Crippen LogP contribution in [0.2, 0.25) is 0 Å². The normalized spacial score (nSPS) is 19.6. The number of nitrogens with one attached hydrogen (secondary N) is 1. The number of hydroxylamine groups is 2. The van der Waals surface area contributed by atoms with E-state index in [4.69, 9.17) is 14.3 Å². The van der Waals surface area contributed by atoms with Gasteiger partial charge in [-0.1, -0.05) is 0 Å². The minimum absolute atomic E-state index is 0.0205. The quantitative estimate of drug-likeness (QED) is 0.650. The van der Waals surface area contributed by atoms with Crippen molar-refractivity contribution in [1.29, 1.82) is 0 Å². The van der Waals surface area contributed by atoms with Crippen LogP contribution in [0.25, 0.3) is 0 Å². The Balaban J connectivity index is 3.08. The third-order valence-corrected chi connectivity index (χ3v) is 4.59. The molecule has 0 aromatic carbocycles. The Hall–Kier alpha value is -2.36. The molecule has 1 aliphatic rings. The molecule has 0 saturated carbocycles. The number of likely N-dealkylation sites (N-methyl/N-ethyl adjacent to an activating group) is 1. The zero-order chi connectivity index (χ0) is 24.4. The Bertz CT molecular complexity index is 707. The fourth-order valence-corrected chi connectivity index (χ4v) is 3.36. The Labute approximate surface area is 184 Å². The van der Waals surface area contributed by atoms with Crippen LogP contribution in [0.1, 0.15) is 68.2 Å². The fraction of sp³-hybridized carbons (Fsp3) is 0.810. The highest BCUT2D eigenvalue weighted by molar-refractivity contribution is 5.97. The van der Waals surface area contributed by atoms with Crippen molar-refractivity contribution in [3.8, 4) is 0 Å². The number of amides is 4. The van der Waals surface area contributed by atoms with E-state index in [0.29, 0.717) is 6.42 Å². The first-order chi connectivity index (χ1) is 13.9. The highest BCUT2D eigenvalue weighted by Gasteiger charge is 2.50. The fourth-order valence-electron chi connectivity index (χ4n) is 3.36.